The van der Waals surface area contributed by atoms with Crippen molar-refractivity contribution in [3.8, 4) is 78.6 Å². The first-order chi connectivity index (χ1) is 62.8. The molecule has 26 aromatic rings. The van der Waals surface area contributed by atoms with Gasteiger partial charge in [0.15, 0.2) is 0 Å². The minimum absolute atomic E-state index is 0.00527. The summed E-state index contributed by atoms with van der Waals surface area (Å²) in [7, 11) is 0. The molecule has 7 nitrogen and oxygen atoms in total. The first-order valence-electron chi connectivity index (χ1n) is 43.8. The van der Waals surface area contributed by atoms with Gasteiger partial charge in [-0.1, -0.05) is 269 Å². The fourth-order valence-electron chi connectivity index (χ4n) is 21.0. The molecule has 0 aliphatic heterocycles. The molecule has 7 aromatic heterocycles. The first-order valence-corrected chi connectivity index (χ1v) is 43.8. The molecule has 1 aliphatic carbocycles. The molecule has 127 heavy (non-hydrogen) atoms. The van der Waals surface area contributed by atoms with E-state index in [2.05, 4.69) is 489 Å². The van der Waals surface area contributed by atoms with E-state index in [9.17, 15) is 0 Å². The number of benzene rings is 19. The summed E-state index contributed by atoms with van der Waals surface area (Å²) >= 11 is 0. The standard InChI is InChI=1S/C45H32N2.C39H25N3.C36H24N2/c1-45(2)39-17-9-6-14-33(39)36-28-32(22-23-40(36)45)47-42-19-11-8-16-35(42)38-27-30(21-25-44(38)47)29-20-24-43-37(26-29)34-15-7-10-18-41(34)46(43)31-12-4-3-5-13-31;1-3-9-29(10-4-1)41-35-14-8-7-13-32(35)33-23-26(15-18-36(33)41)27-16-19-37-34(24-27)39-31-21-22-40-25-28(31)17-20-38(39)42(37)30-11-5-2-6-12-30;1-3-11-27(12-4-1)37-33-17-9-7-15-29(33)31-23-25(19-21-35(31)37)26-20-22-36-32(24-26)30-16-8-10-18-34(30)38(36)28-13-5-2-6-14-28/h3-28H,1-2H3;1-25H;1-24H. The largest absolute Gasteiger partial charge is 0.309 e. The van der Waals surface area contributed by atoms with Crippen molar-refractivity contribution in [3.05, 3.63) is 466 Å². The minimum Gasteiger partial charge on any atom is -0.309 e. The molecule has 0 bridgehead atoms. The summed E-state index contributed by atoms with van der Waals surface area (Å²) in [6.07, 6.45) is 3.86. The molecule has 7 heterocycles. The van der Waals surface area contributed by atoms with E-state index in [4.69, 9.17) is 0 Å². The average Bonchev–Trinajstić information content (AvgIpc) is 1.58. The average molecular weight is 1620 g/mol. The smallest absolute Gasteiger partial charge is 0.0547 e. The van der Waals surface area contributed by atoms with E-state index in [0.29, 0.717) is 0 Å². The first kappa shape index (κ1) is 73.1. The number of fused-ring (bicyclic) bond motifs is 23. The molecule has 0 unspecified atom stereocenters. The van der Waals surface area contributed by atoms with Crippen molar-refractivity contribution in [3.63, 3.8) is 0 Å². The van der Waals surface area contributed by atoms with Crippen molar-refractivity contribution in [1.29, 1.82) is 0 Å². The molecule has 27 rings (SSSR count). The lowest BCUT2D eigenvalue weighted by atomic mass is 9.82. The van der Waals surface area contributed by atoms with Gasteiger partial charge in [-0.05, 0) is 249 Å². The van der Waals surface area contributed by atoms with Crippen LogP contribution >= 0.6 is 0 Å². The zero-order chi connectivity index (χ0) is 84.0. The van der Waals surface area contributed by atoms with E-state index >= 15 is 0 Å². The van der Waals surface area contributed by atoms with Crippen molar-refractivity contribution in [1.82, 2.24) is 32.4 Å². The van der Waals surface area contributed by atoms with Gasteiger partial charge in [-0.2, -0.15) is 0 Å². The molecule has 0 saturated heterocycles. The third-order valence-electron chi connectivity index (χ3n) is 26.8. The molecule has 0 N–H and O–H groups in total. The highest BCUT2D eigenvalue weighted by Crippen LogP contribution is 2.51. The second kappa shape index (κ2) is 29.3. The predicted octanol–water partition coefficient (Wildman–Crippen LogP) is 31.5. The maximum absolute atomic E-state index is 4.40. The molecule has 596 valence electrons. The number of rotatable bonds is 9. The Bertz CT molecular complexity index is 8750. The molecule has 19 aromatic carbocycles. The van der Waals surface area contributed by atoms with Crippen molar-refractivity contribution in [2.45, 2.75) is 19.3 Å². The number of aromatic nitrogens is 7. The summed E-state index contributed by atoms with van der Waals surface area (Å²) in [6, 6.07) is 161. The third-order valence-corrected chi connectivity index (χ3v) is 26.8. The number of hydrogen-bond acceptors (Lipinski definition) is 1. The molecule has 0 fully saturated rings. The van der Waals surface area contributed by atoms with Crippen molar-refractivity contribution in [2.75, 3.05) is 0 Å². The second-order valence-electron chi connectivity index (χ2n) is 34.1. The van der Waals surface area contributed by atoms with Gasteiger partial charge in [0, 0.05) is 122 Å². The van der Waals surface area contributed by atoms with E-state index in [1.165, 1.54) is 220 Å². The minimum atomic E-state index is -0.00527. The van der Waals surface area contributed by atoms with Gasteiger partial charge in [0.25, 0.3) is 0 Å². The molecular formula is C120H81N7. The van der Waals surface area contributed by atoms with Gasteiger partial charge in [-0.25, -0.2) is 0 Å². The van der Waals surface area contributed by atoms with Crippen LogP contribution in [-0.4, -0.2) is 32.4 Å². The van der Waals surface area contributed by atoms with Crippen LogP contribution in [0.3, 0.4) is 0 Å². The quantitative estimate of drug-likeness (QED) is 0.142. The third kappa shape index (κ3) is 11.7. The highest BCUT2D eigenvalue weighted by atomic mass is 15.0. The highest BCUT2D eigenvalue weighted by molar-refractivity contribution is 6.23. The normalized spacial score (nSPS) is 12.4. The van der Waals surface area contributed by atoms with Crippen molar-refractivity contribution < 1.29 is 0 Å². The van der Waals surface area contributed by atoms with Crippen molar-refractivity contribution >= 4 is 142 Å². The topological polar surface area (TPSA) is 42.5 Å². The number of para-hydroxylation sites is 10. The lowest BCUT2D eigenvalue weighted by Crippen LogP contribution is -2.14. The molecule has 1 aliphatic rings. The van der Waals surface area contributed by atoms with E-state index in [1.807, 2.05) is 12.4 Å². The van der Waals surface area contributed by atoms with Crippen LogP contribution in [0.2, 0.25) is 0 Å². The Hall–Kier alpha value is -16.6. The Morgan fingerprint density at radius 3 is 0.803 bits per heavy atom. The Balaban J connectivity index is 0.000000104. The van der Waals surface area contributed by atoms with Crippen LogP contribution in [0.15, 0.2) is 455 Å². The second-order valence-corrected chi connectivity index (χ2v) is 34.1. The molecule has 0 radical (unpaired) electrons. The van der Waals surface area contributed by atoms with Crippen LogP contribution in [0.4, 0.5) is 0 Å². The maximum Gasteiger partial charge on any atom is 0.0547 e. The SMILES string of the molecule is CC1(C)c2ccccc2-c2cc(-n3c4ccccc4c4cc(-c5ccc6c(c5)c5ccccc5n6-c5ccccc5)ccc43)ccc21.c1ccc(-n2c3ccccc3c3cc(-c4ccc5c(c4)c4c6ccncc6ccc4n5-c4ccccc4)ccc32)cc1.c1ccc(-n2c3ccccc3c3cc(-c4ccc5c(c4)c4ccccc4n5-c4ccccc4)ccc32)cc1. The van der Waals surface area contributed by atoms with Gasteiger partial charge in [0.2, 0.25) is 0 Å². The summed E-state index contributed by atoms with van der Waals surface area (Å²) < 4.78 is 14.3. The van der Waals surface area contributed by atoms with Crippen LogP contribution in [0.5, 0.6) is 0 Å². The van der Waals surface area contributed by atoms with Gasteiger partial charge >= 0.3 is 0 Å². The maximum atomic E-state index is 4.40. The molecule has 0 amide bonds. The number of nitrogens with zero attached hydrogens (tertiary/aromatic N) is 7. The van der Waals surface area contributed by atoms with Crippen molar-refractivity contribution in [2.24, 2.45) is 0 Å². The van der Waals surface area contributed by atoms with Crippen LogP contribution in [0, 0.1) is 0 Å². The van der Waals surface area contributed by atoms with Gasteiger partial charge in [-0.3, -0.25) is 4.98 Å². The zero-order valence-electron chi connectivity index (χ0n) is 69.9. The summed E-state index contributed by atoms with van der Waals surface area (Å²) in [6.45, 7) is 4.69. The highest BCUT2D eigenvalue weighted by Gasteiger charge is 2.36. The number of pyridine rings is 1. The van der Waals surface area contributed by atoms with E-state index in [1.54, 1.807) is 0 Å². The summed E-state index contributed by atoms with van der Waals surface area (Å²) in [5.41, 5.74) is 34.5. The van der Waals surface area contributed by atoms with Gasteiger partial charge < -0.3 is 27.4 Å². The molecule has 7 heteroatoms. The Morgan fingerprint density at radius 2 is 0.449 bits per heavy atom. The van der Waals surface area contributed by atoms with Crippen LogP contribution in [-0.2, 0) is 5.41 Å². The van der Waals surface area contributed by atoms with Gasteiger partial charge in [0.05, 0.1) is 66.2 Å². The lowest BCUT2D eigenvalue weighted by Gasteiger charge is -2.21. The Morgan fingerprint density at radius 1 is 0.181 bits per heavy atom. The molecule has 0 spiro atoms. The lowest BCUT2D eigenvalue weighted by molar-refractivity contribution is 0.660. The fourth-order valence-corrected chi connectivity index (χ4v) is 21.0. The van der Waals surface area contributed by atoms with Crippen LogP contribution in [0.1, 0.15) is 25.0 Å². The van der Waals surface area contributed by atoms with Crippen LogP contribution in [0.25, 0.3) is 220 Å². The fraction of sp³-hybridized carbons (Fsp3) is 0.0250. The van der Waals surface area contributed by atoms with Gasteiger partial charge in [-0.15, -0.1) is 0 Å². The van der Waals surface area contributed by atoms with E-state index in [0.717, 1.165) is 11.1 Å². The monoisotopic (exact) mass is 1620 g/mol. The van der Waals surface area contributed by atoms with E-state index < -0.39 is 0 Å². The molecule has 0 atom stereocenters. The van der Waals surface area contributed by atoms with Crippen LogP contribution < -0.4 is 0 Å². The molecular weight excluding hydrogens is 1540 g/mol. The summed E-state index contributed by atoms with van der Waals surface area (Å²) in [5, 5.41) is 17.6. The Labute approximate surface area is 733 Å². The summed E-state index contributed by atoms with van der Waals surface area (Å²) in [5.74, 6) is 0. The van der Waals surface area contributed by atoms with E-state index in [-0.39, 0.29) is 5.41 Å². The Kier molecular flexibility index (Phi) is 16.9. The number of hydrogen-bond donors (Lipinski definition) is 0. The molecule has 0 saturated carbocycles. The summed E-state index contributed by atoms with van der Waals surface area (Å²) in [4.78, 5) is 4.40. The zero-order valence-corrected chi connectivity index (χ0v) is 69.9. The van der Waals surface area contributed by atoms with Gasteiger partial charge in [0.1, 0.15) is 0 Å². The predicted molar refractivity (Wildman–Crippen MR) is 535 cm³/mol.